The molecular weight excluding hydrogens is 481 g/mol. The third kappa shape index (κ3) is 5.54. The first kappa shape index (κ1) is 25.4. The number of hydrogen-bond donors (Lipinski definition) is 2. The summed E-state index contributed by atoms with van der Waals surface area (Å²) in [6, 6.07) is 0.970. The van der Waals surface area contributed by atoms with Gasteiger partial charge in [0.25, 0.3) is 5.56 Å². The Morgan fingerprint density at radius 1 is 1.08 bits per heavy atom. The van der Waals surface area contributed by atoms with Gasteiger partial charge in [0.2, 0.25) is 5.91 Å². The third-order valence-corrected chi connectivity index (χ3v) is 9.13. The van der Waals surface area contributed by atoms with Gasteiger partial charge < -0.3 is 10.6 Å². The molecule has 0 aromatic carbocycles. The Balaban J connectivity index is 1.30. The van der Waals surface area contributed by atoms with E-state index in [-0.39, 0.29) is 40.8 Å². The lowest BCUT2D eigenvalue weighted by molar-refractivity contribution is -0.122. The van der Waals surface area contributed by atoms with Crippen LogP contribution in [-0.2, 0) is 4.79 Å². The smallest absolute Gasteiger partial charge is 0.333 e. The minimum atomic E-state index is -0.578. The van der Waals surface area contributed by atoms with Gasteiger partial charge in [-0.05, 0) is 94.4 Å². The van der Waals surface area contributed by atoms with E-state index < -0.39 is 11.4 Å². The summed E-state index contributed by atoms with van der Waals surface area (Å²) in [5, 5.41) is 6.73. The molecule has 1 aliphatic carbocycles. The Morgan fingerprint density at radius 3 is 2.56 bits per heavy atom. The molecule has 3 fully saturated rings. The molecule has 0 spiro atoms. The second kappa shape index (κ2) is 11.5. The summed E-state index contributed by atoms with van der Waals surface area (Å²) in [5.41, 5.74) is -0.511. The first-order chi connectivity index (χ1) is 17.5. The summed E-state index contributed by atoms with van der Waals surface area (Å²) >= 11 is 1.86. The van der Waals surface area contributed by atoms with Gasteiger partial charge in [0.1, 0.15) is 11.5 Å². The number of fused-ring (bicyclic) bond motifs is 1. The van der Waals surface area contributed by atoms with E-state index >= 15 is 0 Å². The largest absolute Gasteiger partial charge is 0.353 e. The summed E-state index contributed by atoms with van der Waals surface area (Å²) in [4.78, 5) is 43.8. The van der Waals surface area contributed by atoms with E-state index in [1.807, 2.05) is 11.8 Å². The molecule has 0 bridgehead atoms. The average molecular weight is 518 g/mol. The molecule has 3 aliphatic rings. The number of hydrogen-bond acceptors (Lipinski definition) is 6. The molecule has 36 heavy (non-hydrogen) atoms. The van der Waals surface area contributed by atoms with E-state index in [2.05, 4.69) is 15.6 Å². The summed E-state index contributed by atoms with van der Waals surface area (Å²) in [5.74, 6) is 1.98. The highest BCUT2D eigenvalue weighted by molar-refractivity contribution is 7.99. The Kier molecular flexibility index (Phi) is 8.10. The Labute approximate surface area is 214 Å². The third-order valence-electron chi connectivity index (χ3n) is 8.08. The van der Waals surface area contributed by atoms with Gasteiger partial charge in [0.05, 0.1) is 11.6 Å². The van der Waals surface area contributed by atoms with E-state index in [0.717, 1.165) is 50.1 Å². The molecule has 0 radical (unpaired) electrons. The second-order valence-corrected chi connectivity index (χ2v) is 11.7. The molecular formula is C26H36FN5O3S. The minimum absolute atomic E-state index is 0.0407. The van der Waals surface area contributed by atoms with Crippen molar-refractivity contribution in [3.63, 3.8) is 0 Å². The Hall–Kier alpha value is -2.20. The normalized spacial score (nSPS) is 25.6. The molecule has 2 aromatic rings. The first-order valence-corrected chi connectivity index (χ1v) is 14.6. The standard InChI is InChI=1S/C26H36FN5O3S/c27-18-14-22-24(29-16-18)31(21-9-12-36-13-10-21)26(35)32(25(22)34)20-6-4-19(5-7-20)30-23(33)8-3-17-2-1-11-28-15-17/h14,16-17,19-21,28H,1-13,15H2,(H,30,33). The topological polar surface area (TPSA) is 98.0 Å². The number of nitrogens with one attached hydrogen (secondary N) is 2. The number of halogens is 1. The van der Waals surface area contributed by atoms with Crippen molar-refractivity contribution in [1.29, 1.82) is 0 Å². The van der Waals surface area contributed by atoms with E-state index in [4.69, 9.17) is 0 Å². The maximum atomic E-state index is 14.1. The molecule has 4 heterocycles. The van der Waals surface area contributed by atoms with Gasteiger partial charge in [0, 0.05) is 24.5 Å². The van der Waals surface area contributed by atoms with Crippen LogP contribution < -0.4 is 21.9 Å². The van der Waals surface area contributed by atoms with Gasteiger partial charge in [-0.3, -0.25) is 18.7 Å². The molecule has 1 atom stereocenters. The van der Waals surface area contributed by atoms with Crippen molar-refractivity contribution in [2.24, 2.45) is 5.92 Å². The van der Waals surface area contributed by atoms with Gasteiger partial charge in [-0.2, -0.15) is 11.8 Å². The van der Waals surface area contributed by atoms with Crippen molar-refractivity contribution in [3.05, 3.63) is 38.9 Å². The molecule has 1 amide bonds. The fourth-order valence-electron chi connectivity index (χ4n) is 6.08. The van der Waals surface area contributed by atoms with Crippen LogP contribution in [0.4, 0.5) is 4.39 Å². The average Bonchev–Trinajstić information content (AvgIpc) is 2.90. The fraction of sp³-hybridized carbons (Fsp3) is 0.692. The zero-order valence-corrected chi connectivity index (χ0v) is 21.5. The molecule has 196 valence electrons. The molecule has 1 saturated carbocycles. The van der Waals surface area contributed by atoms with Crippen molar-refractivity contribution < 1.29 is 9.18 Å². The zero-order chi connectivity index (χ0) is 25.1. The van der Waals surface area contributed by atoms with Crippen LogP contribution >= 0.6 is 11.8 Å². The predicted octanol–water partition coefficient (Wildman–Crippen LogP) is 3.15. The van der Waals surface area contributed by atoms with Crippen LogP contribution in [-0.4, -0.2) is 50.7 Å². The Morgan fingerprint density at radius 2 is 1.83 bits per heavy atom. The number of nitrogens with zero attached hydrogens (tertiary/aromatic N) is 3. The first-order valence-electron chi connectivity index (χ1n) is 13.4. The van der Waals surface area contributed by atoms with Crippen molar-refractivity contribution in [3.8, 4) is 0 Å². The molecule has 1 unspecified atom stereocenters. The van der Waals surface area contributed by atoms with Crippen LogP contribution in [0.3, 0.4) is 0 Å². The van der Waals surface area contributed by atoms with E-state index in [9.17, 15) is 18.8 Å². The summed E-state index contributed by atoms with van der Waals surface area (Å²) in [6.45, 7) is 2.07. The van der Waals surface area contributed by atoms with Crippen molar-refractivity contribution in [2.75, 3.05) is 24.6 Å². The van der Waals surface area contributed by atoms with Crippen LogP contribution in [0.5, 0.6) is 0 Å². The lowest BCUT2D eigenvalue weighted by atomic mass is 9.90. The number of carbonyl (C=O) groups is 1. The SMILES string of the molecule is O=C(CCC1CCCNC1)NC1CCC(n2c(=O)c3cc(F)cnc3n(C3CCSCC3)c2=O)CC1. The highest BCUT2D eigenvalue weighted by atomic mass is 32.2. The maximum Gasteiger partial charge on any atom is 0.333 e. The quantitative estimate of drug-likeness (QED) is 0.611. The summed E-state index contributed by atoms with van der Waals surface area (Å²) in [6.07, 6.45) is 9.22. The van der Waals surface area contributed by atoms with Gasteiger partial charge in [-0.15, -0.1) is 0 Å². The van der Waals surface area contributed by atoms with Crippen molar-refractivity contribution >= 4 is 28.7 Å². The van der Waals surface area contributed by atoms with Crippen molar-refractivity contribution in [2.45, 2.75) is 82.3 Å². The van der Waals surface area contributed by atoms with Crippen LogP contribution in [0.1, 0.15) is 76.3 Å². The van der Waals surface area contributed by atoms with Gasteiger partial charge >= 0.3 is 5.69 Å². The highest BCUT2D eigenvalue weighted by Crippen LogP contribution is 2.30. The van der Waals surface area contributed by atoms with Crippen LogP contribution in [0.15, 0.2) is 21.9 Å². The van der Waals surface area contributed by atoms with Crippen molar-refractivity contribution in [1.82, 2.24) is 24.8 Å². The fourth-order valence-corrected chi connectivity index (χ4v) is 7.16. The number of rotatable bonds is 6. The molecule has 2 N–H and O–H groups in total. The lowest BCUT2D eigenvalue weighted by Gasteiger charge is -2.32. The highest BCUT2D eigenvalue weighted by Gasteiger charge is 2.29. The van der Waals surface area contributed by atoms with Gasteiger partial charge in [-0.25, -0.2) is 14.2 Å². The number of piperidine rings is 1. The van der Waals surface area contributed by atoms with E-state index in [1.54, 1.807) is 4.57 Å². The molecule has 2 aliphatic heterocycles. The second-order valence-electron chi connectivity index (χ2n) is 10.5. The maximum absolute atomic E-state index is 14.1. The van der Waals surface area contributed by atoms with E-state index in [0.29, 0.717) is 38.0 Å². The number of thioether (sulfide) groups is 1. The Bertz CT molecular complexity index is 1190. The number of pyridine rings is 1. The zero-order valence-electron chi connectivity index (χ0n) is 20.7. The number of carbonyl (C=O) groups excluding carboxylic acids is 1. The molecule has 2 saturated heterocycles. The predicted molar refractivity (Wildman–Crippen MR) is 140 cm³/mol. The minimum Gasteiger partial charge on any atom is -0.353 e. The van der Waals surface area contributed by atoms with Crippen LogP contribution in [0, 0.1) is 11.7 Å². The van der Waals surface area contributed by atoms with Gasteiger partial charge in [-0.1, -0.05) is 0 Å². The molecule has 5 rings (SSSR count). The molecule has 8 nitrogen and oxygen atoms in total. The summed E-state index contributed by atoms with van der Waals surface area (Å²) in [7, 11) is 0. The van der Waals surface area contributed by atoms with Crippen LogP contribution in [0.25, 0.3) is 11.0 Å². The molecule has 10 heteroatoms. The monoisotopic (exact) mass is 517 g/mol. The number of amides is 1. The van der Waals surface area contributed by atoms with Gasteiger partial charge in [0.15, 0.2) is 0 Å². The molecule has 2 aromatic heterocycles. The van der Waals surface area contributed by atoms with Crippen LogP contribution in [0.2, 0.25) is 0 Å². The number of aromatic nitrogens is 3. The van der Waals surface area contributed by atoms with E-state index in [1.165, 1.54) is 23.5 Å². The summed E-state index contributed by atoms with van der Waals surface area (Å²) < 4.78 is 17.1. The lowest BCUT2D eigenvalue weighted by Crippen LogP contribution is -2.46.